The molecule has 1 N–H and O–H groups in total. The van der Waals surface area contributed by atoms with Gasteiger partial charge in [-0.1, -0.05) is 28.4 Å². The van der Waals surface area contributed by atoms with Gasteiger partial charge in [0.05, 0.1) is 0 Å². The highest BCUT2D eigenvalue weighted by Crippen LogP contribution is 2.26. The molecule has 104 valence electrons. The van der Waals surface area contributed by atoms with Gasteiger partial charge in [-0.15, -0.1) is 12.4 Å². The molecule has 0 spiro atoms. The van der Waals surface area contributed by atoms with Crippen molar-refractivity contribution in [3.8, 4) is 11.5 Å². The zero-order valence-corrected chi connectivity index (χ0v) is 12.8. The lowest BCUT2D eigenvalue weighted by Crippen LogP contribution is -2.24. The lowest BCUT2D eigenvalue weighted by atomic mass is 10.2. The minimum absolute atomic E-state index is 0. The molecule has 19 heavy (non-hydrogen) atoms. The van der Waals surface area contributed by atoms with Crippen LogP contribution in [0.2, 0.25) is 10.0 Å². The Kier molecular flexibility index (Phi) is 6.07. The molecule has 0 saturated heterocycles. The molecule has 1 aromatic heterocycles. The smallest absolute Gasteiger partial charge is 0.258 e. The van der Waals surface area contributed by atoms with Gasteiger partial charge in [0.2, 0.25) is 0 Å². The van der Waals surface area contributed by atoms with Crippen molar-refractivity contribution in [2.45, 2.75) is 19.4 Å². The topological polar surface area (TPSA) is 51.0 Å². The van der Waals surface area contributed by atoms with E-state index >= 15 is 0 Å². The van der Waals surface area contributed by atoms with E-state index in [1.165, 1.54) is 0 Å². The summed E-state index contributed by atoms with van der Waals surface area (Å²) in [5.74, 6) is 1.08. The lowest BCUT2D eigenvalue weighted by molar-refractivity contribution is 0.418. The zero-order chi connectivity index (χ0) is 13.1. The summed E-state index contributed by atoms with van der Waals surface area (Å²) in [5.41, 5.74) is 0.725. The van der Waals surface area contributed by atoms with E-state index < -0.39 is 0 Å². The molecule has 4 nitrogen and oxygen atoms in total. The van der Waals surface area contributed by atoms with Gasteiger partial charge in [0.25, 0.3) is 5.89 Å². The number of benzene rings is 1. The quantitative estimate of drug-likeness (QED) is 0.934. The van der Waals surface area contributed by atoms with E-state index in [0.717, 1.165) is 5.56 Å². The van der Waals surface area contributed by atoms with Gasteiger partial charge >= 0.3 is 0 Å². The van der Waals surface area contributed by atoms with Crippen molar-refractivity contribution < 1.29 is 4.52 Å². The number of aromatic nitrogens is 2. The van der Waals surface area contributed by atoms with Gasteiger partial charge in [0, 0.05) is 28.1 Å². The maximum atomic E-state index is 5.93. The SMILES string of the molecule is CNC(C)Cc1noc(-c2cc(Cl)cc(Cl)c2)n1.Cl. The fourth-order valence-corrected chi connectivity index (χ4v) is 2.03. The Morgan fingerprint density at radius 2 is 1.89 bits per heavy atom. The number of likely N-dealkylation sites (N-methyl/N-ethyl adjacent to an activating group) is 1. The number of nitrogens with one attached hydrogen (secondary N) is 1. The van der Waals surface area contributed by atoms with Gasteiger partial charge in [0.1, 0.15) is 0 Å². The van der Waals surface area contributed by atoms with Crippen molar-refractivity contribution >= 4 is 35.6 Å². The summed E-state index contributed by atoms with van der Waals surface area (Å²) in [7, 11) is 1.89. The molecule has 0 fully saturated rings. The standard InChI is InChI=1S/C12H13Cl2N3O.ClH/c1-7(15-2)3-11-16-12(18-17-11)8-4-9(13)6-10(14)5-8;/h4-7,15H,3H2,1-2H3;1H. The van der Waals surface area contributed by atoms with Crippen LogP contribution in [0, 0.1) is 0 Å². The summed E-state index contributed by atoms with van der Waals surface area (Å²) in [4.78, 5) is 4.32. The van der Waals surface area contributed by atoms with Crippen molar-refractivity contribution in [1.82, 2.24) is 15.5 Å². The molecule has 0 radical (unpaired) electrons. The predicted molar refractivity (Wildman–Crippen MR) is 79.2 cm³/mol. The fourth-order valence-electron chi connectivity index (χ4n) is 1.51. The monoisotopic (exact) mass is 321 g/mol. The average molecular weight is 323 g/mol. The maximum absolute atomic E-state index is 5.93. The van der Waals surface area contributed by atoms with E-state index in [1.54, 1.807) is 18.2 Å². The average Bonchev–Trinajstić information content (AvgIpc) is 2.76. The summed E-state index contributed by atoms with van der Waals surface area (Å²) in [6.07, 6.45) is 0.703. The summed E-state index contributed by atoms with van der Waals surface area (Å²) in [6, 6.07) is 5.43. The third-order valence-corrected chi connectivity index (χ3v) is 3.00. The molecule has 0 aliphatic heterocycles. The van der Waals surface area contributed by atoms with E-state index in [-0.39, 0.29) is 12.4 Å². The molecular formula is C12H14Cl3N3O. The highest BCUT2D eigenvalue weighted by molar-refractivity contribution is 6.35. The normalized spacial score (nSPS) is 12.0. The van der Waals surface area contributed by atoms with Crippen LogP contribution in [0.15, 0.2) is 22.7 Å². The predicted octanol–water partition coefficient (Wildman–Crippen LogP) is 3.62. The lowest BCUT2D eigenvalue weighted by Gasteiger charge is -2.04. The first kappa shape index (κ1) is 16.2. The van der Waals surface area contributed by atoms with Gasteiger partial charge in [0.15, 0.2) is 5.82 Å². The molecule has 0 saturated carbocycles. The van der Waals surface area contributed by atoms with E-state index in [0.29, 0.717) is 34.2 Å². The number of hydrogen-bond acceptors (Lipinski definition) is 4. The number of rotatable bonds is 4. The molecular weight excluding hydrogens is 309 g/mol. The highest BCUT2D eigenvalue weighted by atomic mass is 35.5. The molecule has 7 heteroatoms. The van der Waals surface area contributed by atoms with Crippen LogP contribution in [-0.4, -0.2) is 23.2 Å². The zero-order valence-electron chi connectivity index (χ0n) is 10.5. The third-order valence-electron chi connectivity index (χ3n) is 2.56. The molecule has 2 aromatic rings. The van der Waals surface area contributed by atoms with Gasteiger partial charge in [-0.05, 0) is 32.2 Å². The first-order valence-electron chi connectivity index (χ1n) is 5.55. The van der Waals surface area contributed by atoms with Crippen molar-refractivity contribution in [3.63, 3.8) is 0 Å². The van der Waals surface area contributed by atoms with Crippen LogP contribution in [0.5, 0.6) is 0 Å². The molecule has 2 rings (SSSR count). The Morgan fingerprint density at radius 1 is 1.26 bits per heavy atom. The van der Waals surface area contributed by atoms with Crippen LogP contribution < -0.4 is 5.32 Å². The molecule has 0 amide bonds. The first-order valence-corrected chi connectivity index (χ1v) is 6.30. The Bertz CT molecular complexity index is 525. The van der Waals surface area contributed by atoms with Gasteiger partial charge in [-0.3, -0.25) is 0 Å². The Hall–Kier alpha value is -0.810. The van der Waals surface area contributed by atoms with Gasteiger partial charge in [-0.25, -0.2) is 0 Å². The summed E-state index contributed by atoms with van der Waals surface area (Å²) < 4.78 is 5.20. The molecule has 0 aliphatic rings. The van der Waals surface area contributed by atoms with E-state index in [9.17, 15) is 0 Å². The van der Waals surface area contributed by atoms with Crippen LogP contribution in [0.25, 0.3) is 11.5 Å². The van der Waals surface area contributed by atoms with Gasteiger partial charge < -0.3 is 9.84 Å². The Morgan fingerprint density at radius 3 is 2.47 bits per heavy atom. The summed E-state index contributed by atoms with van der Waals surface area (Å²) in [5, 5.41) is 8.13. The number of hydrogen-bond donors (Lipinski definition) is 1. The number of nitrogens with zero attached hydrogens (tertiary/aromatic N) is 2. The van der Waals surface area contributed by atoms with Crippen molar-refractivity contribution in [2.24, 2.45) is 0 Å². The molecule has 1 atom stereocenters. The van der Waals surface area contributed by atoms with Crippen LogP contribution in [0.3, 0.4) is 0 Å². The van der Waals surface area contributed by atoms with Crippen LogP contribution in [0.4, 0.5) is 0 Å². The fraction of sp³-hybridized carbons (Fsp3) is 0.333. The maximum Gasteiger partial charge on any atom is 0.258 e. The third kappa shape index (κ3) is 4.35. The van der Waals surface area contributed by atoms with E-state index in [1.807, 2.05) is 14.0 Å². The van der Waals surface area contributed by atoms with Crippen molar-refractivity contribution in [1.29, 1.82) is 0 Å². The van der Waals surface area contributed by atoms with E-state index in [4.69, 9.17) is 27.7 Å². The first-order chi connectivity index (χ1) is 8.58. The van der Waals surface area contributed by atoms with Crippen LogP contribution in [-0.2, 0) is 6.42 Å². The second-order valence-corrected chi connectivity index (χ2v) is 4.94. The Labute approximate surface area is 127 Å². The van der Waals surface area contributed by atoms with Crippen LogP contribution >= 0.6 is 35.6 Å². The van der Waals surface area contributed by atoms with Crippen molar-refractivity contribution in [3.05, 3.63) is 34.1 Å². The summed E-state index contributed by atoms with van der Waals surface area (Å²) in [6.45, 7) is 2.05. The summed E-state index contributed by atoms with van der Waals surface area (Å²) >= 11 is 11.9. The van der Waals surface area contributed by atoms with Gasteiger partial charge in [-0.2, -0.15) is 4.98 Å². The largest absolute Gasteiger partial charge is 0.334 e. The minimum Gasteiger partial charge on any atom is -0.334 e. The number of halogens is 3. The van der Waals surface area contributed by atoms with Crippen LogP contribution in [0.1, 0.15) is 12.7 Å². The van der Waals surface area contributed by atoms with Crippen molar-refractivity contribution in [2.75, 3.05) is 7.05 Å². The Balaban J connectivity index is 0.00000180. The second-order valence-electron chi connectivity index (χ2n) is 4.07. The molecule has 0 aliphatic carbocycles. The highest BCUT2D eigenvalue weighted by Gasteiger charge is 2.12. The molecule has 1 heterocycles. The molecule has 1 unspecified atom stereocenters. The minimum atomic E-state index is 0. The molecule has 1 aromatic carbocycles. The molecule has 0 bridgehead atoms. The van der Waals surface area contributed by atoms with E-state index in [2.05, 4.69) is 15.5 Å². The second kappa shape index (κ2) is 7.10.